The van der Waals surface area contributed by atoms with Crippen LogP contribution < -0.4 is 10.6 Å². The molecule has 0 radical (unpaired) electrons. The molecule has 1 aromatic carbocycles. The Balaban J connectivity index is 1.77. The highest BCUT2D eigenvalue weighted by atomic mass is 32.1. The van der Waals surface area contributed by atoms with Crippen molar-refractivity contribution in [2.75, 3.05) is 10.6 Å². The molecule has 0 fully saturated rings. The largest absolute Gasteiger partial charge is 0.459 e. The van der Waals surface area contributed by atoms with Gasteiger partial charge in [-0.1, -0.05) is 44.2 Å². The minimum Gasteiger partial charge on any atom is -0.459 e. The van der Waals surface area contributed by atoms with Gasteiger partial charge in [0.25, 0.3) is 5.91 Å². The van der Waals surface area contributed by atoms with E-state index in [1.165, 1.54) is 11.8 Å². The van der Waals surface area contributed by atoms with Crippen LogP contribution in [0.25, 0.3) is 0 Å². The Morgan fingerprint density at radius 2 is 1.75 bits per heavy atom. The fraction of sp³-hybridized carbons (Fsp3) is 0.231. The van der Waals surface area contributed by atoms with Crippen LogP contribution in [0, 0.1) is 13.8 Å². The Morgan fingerprint density at radius 1 is 1.00 bits per heavy atom. The van der Waals surface area contributed by atoms with Gasteiger partial charge in [0.1, 0.15) is 10.8 Å². The molecular formula is C26H27N3O2S. The van der Waals surface area contributed by atoms with Crippen LogP contribution in [0.15, 0.2) is 71.5 Å². The average Bonchev–Trinajstić information content (AvgIpc) is 3.42. The number of carbonyl (C=O) groups is 1. The second-order valence-electron chi connectivity index (χ2n) is 8.07. The second kappa shape index (κ2) is 9.40. The molecule has 0 saturated heterocycles. The maximum atomic E-state index is 12.8. The standard InChI is InChI=1S/C26H27N3O2S/c1-16(2)19-10-12-20(13-11-19)24(28-22-9-5-6-14-27-22)23-17(3)18(4)32-26(23)29-25(30)21-8-7-15-31-21/h5-16,24H,1-4H3,(H,27,28)(H,29,30)/t24-/m1/s1. The van der Waals surface area contributed by atoms with Crippen molar-refractivity contribution in [2.45, 2.75) is 39.7 Å². The average molecular weight is 446 g/mol. The Hall–Kier alpha value is -3.38. The number of nitrogens with zero attached hydrogens (tertiary/aromatic N) is 1. The second-order valence-corrected chi connectivity index (χ2v) is 9.30. The number of pyridine rings is 1. The molecule has 0 aliphatic carbocycles. The van der Waals surface area contributed by atoms with E-state index < -0.39 is 0 Å². The molecule has 32 heavy (non-hydrogen) atoms. The zero-order valence-electron chi connectivity index (χ0n) is 18.7. The summed E-state index contributed by atoms with van der Waals surface area (Å²) in [4.78, 5) is 18.4. The van der Waals surface area contributed by atoms with E-state index in [1.807, 2.05) is 18.2 Å². The number of thiophene rings is 1. The normalized spacial score (nSPS) is 12.0. The van der Waals surface area contributed by atoms with Crippen LogP contribution in [0.5, 0.6) is 0 Å². The zero-order chi connectivity index (χ0) is 22.7. The molecule has 4 rings (SSSR count). The van der Waals surface area contributed by atoms with Gasteiger partial charge in [-0.3, -0.25) is 4.79 Å². The van der Waals surface area contributed by atoms with Gasteiger partial charge in [-0.25, -0.2) is 4.98 Å². The highest BCUT2D eigenvalue weighted by molar-refractivity contribution is 7.16. The molecule has 1 atom stereocenters. The summed E-state index contributed by atoms with van der Waals surface area (Å²) in [6, 6.07) is 17.6. The van der Waals surface area contributed by atoms with Gasteiger partial charge in [0.2, 0.25) is 0 Å². The van der Waals surface area contributed by atoms with E-state index in [0.717, 1.165) is 32.4 Å². The molecule has 3 aromatic heterocycles. The molecule has 0 unspecified atom stereocenters. The van der Waals surface area contributed by atoms with E-state index in [0.29, 0.717) is 5.92 Å². The molecule has 0 aliphatic heterocycles. The molecule has 3 heterocycles. The summed E-state index contributed by atoms with van der Waals surface area (Å²) in [7, 11) is 0. The maximum absolute atomic E-state index is 12.8. The first kappa shape index (κ1) is 21.8. The van der Waals surface area contributed by atoms with Crippen LogP contribution in [-0.4, -0.2) is 10.9 Å². The lowest BCUT2D eigenvalue weighted by atomic mass is 9.93. The fourth-order valence-corrected chi connectivity index (χ4v) is 4.74. The lowest BCUT2D eigenvalue weighted by Gasteiger charge is -2.23. The third-order valence-corrected chi connectivity index (χ3v) is 6.72. The summed E-state index contributed by atoms with van der Waals surface area (Å²) in [6.45, 7) is 8.55. The Labute approximate surface area is 192 Å². The summed E-state index contributed by atoms with van der Waals surface area (Å²) in [5, 5.41) is 7.46. The third kappa shape index (κ3) is 4.60. The van der Waals surface area contributed by atoms with Gasteiger partial charge >= 0.3 is 0 Å². The van der Waals surface area contributed by atoms with Gasteiger partial charge in [0, 0.05) is 16.6 Å². The molecular weight excluding hydrogens is 418 g/mol. The first-order valence-electron chi connectivity index (χ1n) is 10.7. The molecule has 164 valence electrons. The lowest BCUT2D eigenvalue weighted by molar-refractivity contribution is 0.0997. The molecule has 6 heteroatoms. The van der Waals surface area contributed by atoms with E-state index in [2.05, 4.69) is 67.6 Å². The van der Waals surface area contributed by atoms with Crippen LogP contribution in [0.2, 0.25) is 0 Å². The van der Waals surface area contributed by atoms with Crippen molar-refractivity contribution >= 4 is 28.1 Å². The number of nitrogens with one attached hydrogen (secondary N) is 2. The molecule has 0 saturated carbocycles. The van der Waals surface area contributed by atoms with Crippen LogP contribution in [0.3, 0.4) is 0 Å². The van der Waals surface area contributed by atoms with E-state index >= 15 is 0 Å². The Morgan fingerprint density at radius 3 is 2.38 bits per heavy atom. The molecule has 2 N–H and O–H groups in total. The number of rotatable bonds is 7. The van der Waals surface area contributed by atoms with E-state index in [-0.39, 0.29) is 17.7 Å². The zero-order valence-corrected chi connectivity index (χ0v) is 19.5. The number of furan rings is 1. The topological polar surface area (TPSA) is 67.2 Å². The van der Waals surface area contributed by atoms with Crippen LogP contribution in [-0.2, 0) is 0 Å². The van der Waals surface area contributed by atoms with Crippen LogP contribution in [0.1, 0.15) is 63.5 Å². The minimum atomic E-state index is -0.260. The number of hydrogen-bond acceptors (Lipinski definition) is 5. The van der Waals surface area contributed by atoms with Crippen molar-refractivity contribution in [1.29, 1.82) is 0 Å². The monoisotopic (exact) mass is 445 g/mol. The summed E-state index contributed by atoms with van der Waals surface area (Å²) < 4.78 is 5.29. The van der Waals surface area contributed by atoms with Gasteiger partial charge in [0.05, 0.1) is 12.3 Å². The van der Waals surface area contributed by atoms with Crippen molar-refractivity contribution in [3.8, 4) is 0 Å². The highest BCUT2D eigenvalue weighted by Crippen LogP contribution is 2.41. The van der Waals surface area contributed by atoms with Crippen LogP contribution >= 0.6 is 11.3 Å². The van der Waals surface area contributed by atoms with E-state index in [1.54, 1.807) is 29.7 Å². The maximum Gasteiger partial charge on any atom is 0.291 e. The van der Waals surface area contributed by atoms with Crippen molar-refractivity contribution in [3.63, 3.8) is 0 Å². The number of anilines is 2. The van der Waals surface area contributed by atoms with Gasteiger partial charge < -0.3 is 15.1 Å². The summed E-state index contributed by atoms with van der Waals surface area (Å²) in [5.74, 6) is 1.26. The van der Waals surface area contributed by atoms with Crippen molar-refractivity contribution in [1.82, 2.24) is 4.98 Å². The Kier molecular flexibility index (Phi) is 6.42. The van der Waals surface area contributed by atoms with Gasteiger partial charge in [-0.15, -0.1) is 11.3 Å². The summed E-state index contributed by atoms with van der Waals surface area (Å²) in [6.07, 6.45) is 3.27. The molecule has 0 aliphatic rings. The predicted octanol–water partition coefficient (Wildman–Crippen LogP) is 6.93. The first-order valence-corrected chi connectivity index (χ1v) is 11.5. The number of benzene rings is 1. The molecule has 0 bridgehead atoms. The number of carbonyl (C=O) groups excluding carboxylic acids is 1. The van der Waals surface area contributed by atoms with Crippen molar-refractivity contribution in [3.05, 3.63) is 99.9 Å². The number of aryl methyl sites for hydroxylation is 1. The van der Waals surface area contributed by atoms with Crippen molar-refractivity contribution in [2.24, 2.45) is 0 Å². The molecule has 4 aromatic rings. The quantitative estimate of drug-likeness (QED) is 0.324. The van der Waals surface area contributed by atoms with Crippen molar-refractivity contribution < 1.29 is 9.21 Å². The predicted molar refractivity (Wildman–Crippen MR) is 131 cm³/mol. The number of hydrogen-bond donors (Lipinski definition) is 2. The highest BCUT2D eigenvalue weighted by Gasteiger charge is 2.25. The fourth-order valence-electron chi connectivity index (χ4n) is 3.65. The van der Waals surface area contributed by atoms with Gasteiger partial charge in [-0.2, -0.15) is 0 Å². The first-order chi connectivity index (χ1) is 15.4. The van der Waals surface area contributed by atoms with E-state index in [4.69, 9.17) is 4.42 Å². The summed E-state index contributed by atoms with van der Waals surface area (Å²) >= 11 is 1.57. The number of aromatic nitrogens is 1. The summed E-state index contributed by atoms with van der Waals surface area (Å²) in [5.41, 5.74) is 4.57. The lowest BCUT2D eigenvalue weighted by Crippen LogP contribution is -2.17. The smallest absolute Gasteiger partial charge is 0.291 e. The van der Waals surface area contributed by atoms with Gasteiger partial charge in [0.15, 0.2) is 5.76 Å². The van der Waals surface area contributed by atoms with E-state index in [9.17, 15) is 4.79 Å². The SMILES string of the molecule is Cc1sc(NC(=O)c2ccco2)c([C@H](Nc2ccccn2)c2ccc(C(C)C)cc2)c1C. The van der Waals surface area contributed by atoms with Crippen LogP contribution in [0.4, 0.5) is 10.8 Å². The molecule has 5 nitrogen and oxygen atoms in total. The molecule has 1 amide bonds. The number of amides is 1. The molecule has 0 spiro atoms. The third-order valence-electron chi connectivity index (χ3n) is 5.59. The van der Waals surface area contributed by atoms with Gasteiger partial charge in [-0.05, 0) is 60.7 Å². The Bertz CT molecular complexity index is 1180. The minimum absolute atomic E-state index is 0.178.